The van der Waals surface area contributed by atoms with Crippen LogP contribution in [-0.4, -0.2) is 12.1 Å². The zero-order valence-corrected chi connectivity index (χ0v) is 10.4. The summed E-state index contributed by atoms with van der Waals surface area (Å²) in [6.45, 7) is 3.97. The maximum Gasteiger partial charge on any atom is 0.163 e. The van der Waals surface area contributed by atoms with Gasteiger partial charge in [-0.15, -0.1) is 0 Å². The maximum absolute atomic E-state index is 11.8. The van der Waals surface area contributed by atoms with Gasteiger partial charge in [0.2, 0.25) is 0 Å². The van der Waals surface area contributed by atoms with Gasteiger partial charge in [-0.2, -0.15) is 0 Å². The minimum atomic E-state index is 0.0217. The molecule has 80 valence electrons. The fourth-order valence-electron chi connectivity index (χ4n) is 1.38. The Morgan fingerprint density at radius 3 is 2.67 bits per heavy atom. The van der Waals surface area contributed by atoms with Crippen molar-refractivity contribution >= 4 is 28.0 Å². The normalized spacial score (nSPS) is 10.4. The van der Waals surface area contributed by atoms with Crippen LogP contribution in [0.25, 0.3) is 0 Å². The van der Waals surface area contributed by atoms with Crippen molar-refractivity contribution in [2.24, 2.45) is 5.92 Å². The number of hydrogen-bond acceptors (Lipinski definition) is 2. The van der Waals surface area contributed by atoms with Crippen molar-refractivity contribution < 1.29 is 9.59 Å². The summed E-state index contributed by atoms with van der Waals surface area (Å²) in [6.07, 6.45) is 1.19. The number of benzene rings is 1. The van der Waals surface area contributed by atoms with Gasteiger partial charge in [0.25, 0.3) is 0 Å². The average molecular weight is 269 g/mol. The van der Waals surface area contributed by atoms with Gasteiger partial charge in [0.1, 0.15) is 0 Å². The first kappa shape index (κ1) is 12.1. The third kappa shape index (κ3) is 2.99. The van der Waals surface area contributed by atoms with Crippen molar-refractivity contribution in [2.75, 3.05) is 0 Å². The van der Waals surface area contributed by atoms with Crippen molar-refractivity contribution in [2.45, 2.75) is 20.3 Å². The zero-order chi connectivity index (χ0) is 11.4. The Balaban J connectivity index is 3.08. The molecule has 0 saturated heterocycles. The van der Waals surface area contributed by atoms with Gasteiger partial charge in [-0.1, -0.05) is 41.9 Å². The Morgan fingerprint density at radius 1 is 1.47 bits per heavy atom. The van der Waals surface area contributed by atoms with E-state index in [1.165, 1.54) is 0 Å². The average Bonchev–Trinajstić information content (AvgIpc) is 2.16. The molecule has 0 spiro atoms. The third-order valence-corrected chi connectivity index (χ3v) is 2.76. The molecular weight excluding hydrogens is 256 g/mol. The lowest BCUT2D eigenvalue weighted by Gasteiger charge is -2.07. The molecule has 3 heteroatoms. The molecule has 0 atom stereocenters. The molecule has 0 fully saturated rings. The lowest BCUT2D eigenvalue weighted by molar-refractivity contribution is 0.0961. The number of ketones is 1. The van der Waals surface area contributed by atoms with E-state index in [1.807, 2.05) is 13.8 Å². The van der Waals surface area contributed by atoms with E-state index in [0.717, 1.165) is 6.29 Å². The topological polar surface area (TPSA) is 34.1 Å². The Hall–Kier alpha value is -0.960. The summed E-state index contributed by atoms with van der Waals surface area (Å²) in [4.78, 5) is 22.7. The smallest absolute Gasteiger partial charge is 0.163 e. The predicted octanol–water partition coefficient (Wildman–Crippen LogP) is 3.49. The van der Waals surface area contributed by atoms with Gasteiger partial charge in [-0.05, 0) is 12.0 Å². The number of carbonyl (C=O) groups excluding carboxylic acids is 2. The number of carbonyl (C=O) groups is 2. The van der Waals surface area contributed by atoms with Crippen LogP contribution >= 0.6 is 15.9 Å². The van der Waals surface area contributed by atoms with Crippen LogP contribution in [0.4, 0.5) is 0 Å². The molecule has 0 saturated carbocycles. The van der Waals surface area contributed by atoms with Gasteiger partial charge >= 0.3 is 0 Å². The summed E-state index contributed by atoms with van der Waals surface area (Å²) >= 11 is 3.26. The molecule has 0 bridgehead atoms. The predicted molar refractivity (Wildman–Crippen MR) is 63.3 cm³/mol. The molecule has 0 aliphatic heterocycles. The lowest BCUT2D eigenvalue weighted by atomic mass is 9.98. The highest BCUT2D eigenvalue weighted by molar-refractivity contribution is 9.10. The molecule has 0 heterocycles. The Morgan fingerprint density at radius 2 is 2.13 bits per heavy atom. The molecule has 0 unspecified atom stereocenters. The summed E-state index contributed by atoms with van der Waals surface area (Å²) < 4.78 is 0.673. The largest absolute Gasteiger partial charge is 0.298 e. The molecule has 2 nitrogen and oxygen atoms in total. The molecule has 0 aliphatic rings. The standard InChI is InChI=1S/C12H13BrO2/c1-8(2)6-12(15)9-4-3-5-11(13)10(9)7-14/h3-5,7-8H,6H2,1-2H3. The molecule has 15 heavy (non-hydrogen) atoms. The third-order valence-electron chi connectivity index (χ3n) is 2.06. The highest BCUT2D eigenvalue weighted by Crippen LogP contribution is 2.21. The van der Waals surface area contributed by atoms with E-state index in [9.17, 15) is 9.59 Å². The Kier molecular flexibility index (Phi) is 4.21. The summed E-state index contributed by atoms with van der Waals surface area (Å²) in [6, 6.07) is 5.22. The number of halogens is 1. The fraction of sp³-hybridized carbons (Fsp3) is 0.333. The van der Waals surface area contributed by atoms with E-state index < -0.39 is 0 Å². The van der Waals surface area contributed by atoms with Crippen LogP contribution < -0.4 is 0 Å². The van der Waals surface area contributed by atoms with Crippen LogP contribution in [0, 0.1) is 5.92 Å². The summed E-state index contributed by atoms with van der Waals surface area (Å²) in [5.74, 6) is 0.324. The number of hydrogen-bond donors (Lipinski definition) is 0. The van der Waals surface area contributed by atoms with Crippen LogP contribution in [0.15, 0.2) is 22.7 Å². The second-order valence-corrected chi connectivity index (χ2v) is 4.69. The van der Waals surface area contributed by atoms with Crippen LogP contribution in [0.5, 0.6) is 0 Å². The first-order valence-corrected chi connectivity index (χ1v) is 5.62. The van der Waals surface area contributed by atoms with Crippen molar-refractivity contribution in [1.29, 1.82) is 0 Å². The maximum atomic E-state index is 11.8. The van der Waals surface area contributed by atoms with Gasteiger partial charge in [0.15, 0.2) is 12.1 Å². The molecule has 0 aliphatic carbocycles. The van der Waals surface area contributed by atoms with E-state index in [1.54, 1.807) is 18.2 Å². The van der Waals surface area contributed by atoms with E-state index in [4.69, 9.17) is 0 Å². The van der Waals surface area contributed by atoms with Gasteiger partial charge in [-0.25, -0.2) is 0 Å². The van der Waals surface area contributed by atoms with Crippen molar-refractivity contribution in [1.82, 2.24) is 0 Å². The van der Waals surface area contributed by atoms with E-state index in [-0.39, 0.29) is 5.78 Å². The fourth-order valence-corrected chi connectivity index (χ4v) is 1.84. The quantitative estimate of drug-likeness (QED) is 0.619. The molecule has 0 radical (unpaired) electrons. The van der Waals surface area contributed by atoms with Crippen molar-refractivity contribution in [3.63, 3.8) is 0 Å². The first-order valence-electron chi connectivity index (χ1n) is 4.83. The van der Waals surface area contributed by atoms with Crippen LogP contribution in [0.3, 0.4) is 0 Å². The number of aldehydes is 1. The highest BCUT2D eigenvalue weighted by atomic mass is 79.9. The highest BCUT2D eigenvalue weighted by Gasteiger charge is 2.14. The summed E-state index contributed by atoms with van der Waals surface area (Å²) in [5.41, 5.74) is 0.955. The molecule has 1 rings (SSSR count). The molecule has 0 N–H and O–H groups in total. The minimum Gasteiger partial charge on any atom is -0.298 e. The van der Waals surface area contributed by atoms with Gasteiger partial charge < -0.3 is 0 Å². The first-order chi connectivity index (χ1) is 7.06. The van der Waals surface area contributed by atoms with E-state index in [0.29, 0.717) is 27.9 Å². The van der Waals surface area contributed by atoms with E-state index in [2.05, 4.69) is 15.9 Å². The van der Waals surface area contributed by atoms with Crippen molar-refractivity contribution in [3.05, 3.63) is 33.8 Å². The van der Waals surface area contributed by atoms with Crippen LogP contribution in [0.2, 0.25) is 0 Å². The monoisotopic (exact) mass is 268 g/mol. The summed E-state index contributed by atoms with van der Waals surface area (Å²) in [7, 11) is 0. The molecule has 0 aromatic heterocycles. The van der Waals surface area contributed by atoms with Gasteiger partial charge in [-0.3, -0.25) is 9.59 Å². The number of Topliss-reactive ketones (excluding diaryl/α,β-unsaturated/α-hetero) is 1. The second-order valence-electron chi connectivity index (χ2n) is 3.84. The zero-order valence-electron chi connectivity index (χ0n) is 8.79. The molecule has 1 aromatic rings. The van der Waals surface area contributed by atoms with Crippen molar-refractivity contribution in [3.8, 4) is 0 Å². The van der Waals surface area contributed by atoms with Gasteiger partial charge in [0, 0.05) is 22.0 Å². The van der Waals surface area contributed by atoms with E-state index >= 15 is 0 Å². The molecule has 0 amide bonds. The SMILES string of the molecule is CC(C)CC(=O)c1cccc(Br)c1C=O. The minimum absolute atomic E-state index is 0.0217. The summed E-state index contributed by atoms with van der Waals surface area (Å²) in [5, 5.41) is 0. The second kappa shape index (κ2) is 5.21. The Bertz CT molecular complexity index is 383. The molecule has 1 aromatic carbocycles. The lowest BCUT2D eigenvalue weighted by Crippen LogP contribution is -2.07. The molecular formula is C12H13BrO2. The number of rotatable bonds is 4. The van der Waals surface area contributed by atoms with Crippen LogP contribution in [-0.2, 0) is 0 Å². The van der Waals surface area contributed by atoms with Gasteiger partial charge in [0.05, 0.1) is 0 Å². The Labute approximate surface area is 97.8 Å². The van der Waals surface area contributed by atoms with Crippen LogP contribution in [0.1, 0.15) is 41.0 Å².